The number of nitrogen functional groups attached to an aromatic ring is 1. The largest absolute Gasteiger partial charge is 0.384 e. The first-order chi connectivity index (χ1) is 13.0. The van der Waals surface area contributed by atoms with Crippen molar-refractivity contribution in [2.45, 2.75) is 13.5 Å². The molecular formula is C21H18N4O2. The smallest absolute Gasteiger partial charge is 0.337 e. The van der Waals surface area contributed by atoms with Crippen molar-refractivity contribution < 1.29 is 0 Å². The van der Waals surface area contributed by atoms with Gasteiger partial charge in [-0.2, -0.15) is 0 Å². The van der Waals surface area contributed by atoms with Crippen molar-refractivity contribution in [2.24, 2.45) is 0 Å². The Morgan fingerprint density at radius 1 is 0.926 bits per heavy atom. The number of nitrogens with zero attached hydrogens (tertiary/aromatic N) is 3. The lowest BCUT2D eigenvalue weighted by atomic mass is 10.1. The van der Waals surface area contributed by atoms with Gasteiger partial charge in [0.15, 0.2) is 5.65 Å². The first kappa shape index (κ1) is 16.8. The topological polar surface area (TPSA) is 82.9 Å². The van der Waals surface area contributed by atoms with E-state index in [0.717, 1.165) is 11.1 Å². The predicted molar refractivity (Wildman–Crippen MR) is 106 cm³/mol. The van der Waals surface area contributed by atoms with Crippen molar-refractivity contribution in [2.75, 3.05) is 5.73 Å². The Morgan fingerprint density at radius 3 is 2.33 bits per heavy atom. The number of rotatable bonds is 3. The molecule has 0 aliphatic carbocycles. The van der Waals surface area contributed by atoms with Crippen LogP contribution in [-0.4, -0.2) is 14.1 Å². The van der Waals surface area contributed by atoms with Gasteiger partial charge >= 0.3 is 5.69 Å². The molecule has 0 aliphatic rings. The molecule has 0 bridgehead atoms. The van der Waals surface area contributed by atoms with Crippen molar-refractivity contribution in [3.63, 3.8) is 0 Å². The van der Waals surface area contributed by atoms with Crippen molar-refractivity contribution in [1.82, 2.24) is 14.1 Å². The number of aryl methyl sites for hydroxylation is 1. The van der Waals surface area contributed by atoms with Crippen LogP contribution in [0, 0.1) is 6.92 Å². The first-order valence-electron chi connectivity index (χ1n) is 8.57. The number of anilines is 1. The third-order valence-electron chi connectivity index (χ3n) is 4.48. The molecule has 0 saturated carbocycles. The molecule has 2 heterocycles. The maximum atomic E-state index is 13.2. The highest BCUT2D eigenvalue weighted by Gasteiger charge is 2.16. The summed E-state index contributed by atoms with van der Waals surface area (Å²) >= 11 is 0. The molecule has 2 aromatic heterocycles. The predicted octanol–water partition coefficient (Wildman–Crippen LogP) is 2.49. The monoisotopic (exact) mass is 358 g/mol. The third kappa shape index (κ3) is 3.01. The van der Waals surface area contributed by atoms with Gasteiger partial charge in [0.05, 0.1) is 17.6 Å². The summed E-state index contributed by atoms with van der Waals surface area (Å²) in [6, 6.07) is 20.0. The summed E-state index contributed by atoms with van der Waals surface area (Å²) in [5.74, 6) is 0.252. The Bertz CT molecular complexity index is 1240. The van der Waals surface area contributed by atoms with Gasteiger partial charge in [-0.3, -0.25) is 9.36 Å². The van der Waals surface area contributed by atoms with Crippen LogP contribution in [0.4, 0.5) is 5.82 Å². The second kappa shape index (κ2) is 6.57. The van der Waals surface area contributed by atoms with Gasteiger partial charge in [0.1, 0.15) is 5.82 Å². The molecule has 4 rings (SSSR count). The highest BCUT2D eigenvalue weighted by Crippen LogP contribution is 2.14. The minimum atomic E-state index is -0.447. The minimum Gasteiger partial charge on any atom is -0.384 e. The summed E-state index contributed by atoms with van der Waals surface area (Å²) in [5.41, 5.74) is 7.87. The summed E-state index contributed by atoms with van der Waals surface area (Å²) in [6.45, 7) is 2.18. The molecule has 0 saturated heterocycles. The van der Waals surface area contributed by atoms with Crippen molar-refractivity contribution in [3.8, 4) is 5.69 Å². The second-order valence-electron chi connectivity index (χ2n) is 6.44. The van der Waals surface area contributed by atoms with Crippen LogP contribution in [0.3, 0.4) is 0 Å². The number of benzene rings is 2. The van der Waals surface area contributed by atoms with Gasteiger partial charge in [0.2, 0.25) is 0 Å². The van der Waals surface area contributed by atoms with E-state index in [0.29, 0.717) is 11.1 Å². The molecule has 2 aromatic carbocycles. The van der Waals surface area contributed by atoms with Crippen LogP contribution < -0.4 is 17.0 Å². The van der Waals surface area contributed by atoms with Gasteiger partial charge in [-0.05, 0) is 36.8 Å². The maximum Gasteiger partial charge on any atom is 0.337 e. The average molecular weight is 358 g/mol. The molecule has 0 amide bonds. The quantitative estimate of drug-likeness (QED) is 0.610. The number of para-hydroxylation sites is 1. The van der Waals surface area contributed by atoms with Crippen LogP contribution in [0.2, 0.25) is 0 Å². The molecule has 2 N–H and O–H groups in total. The summed E-state index contributed by atoms with van der Waals surface area (Å²) in [4.78, 5) is 30.5. The molecular weight excluding hydrogens is 340 g/mol. The molecule has 134 valence electrons. The van der Waals surface area contributed by atoms with Crippen molar-refractivity contribution >= 4 is 16.9 Å². The summed E-state index contributed by atoms with van der Waals surface area (Å²) in [6.07, 6.45) is 0. The summed E-state index contributed by atoms with van der Waals surface area (Å²) < 4.78 is 2.67. The second-order valence-corrected chi connectivity index (χ2v) is 6.44. The van der Waals surface area contributed by atoms with E-state index in [1.807, 2.05) is 49.4 Å². The molecule has 0 radical (unpaired) electrons. The minimum absolute atomic E-state index is 0.186. The van der Waals surface area contributed by atoms with Gasteiger partial charge in [-0.15, -0.1) is 0 Å². The Hall–Kier alpha value is -3.67. The average Bonchev–Trinajstić information content (AvgIpc) is 2.67. The van der Waals surface area contributed by atoms with E-state index in [-0.39, 0.29) is 23.6 Å². The fraction of sp³-hybridized carbons (Fsp3) is 0.0952. The Balaban J connectivity index is 2.03. The van der Waals surface area contributed by atoms with Crippen molar-refractivity contribution in [3.05, 3.63) is 98.7 Å². The zero-order valence-corrected chi connectivity index (χ0v) is 14.8. The number of aromatic nitrogens is 3. The number of hydrogen-bond donors (Lipinski definition) is 1. The Kier molecular flexibility index (Phi) is 4.08. The van der Waals surface area contributed by atoms with Gasteiger partial charge in [-0.1, -0.05) is 48.0 Å². The Morgan fingerprint density at radius 2 is 1.63 bits per heavy atom. The molecule has 0 atom stereocenters. The lowest BCUT2D eigenvalue weighted by Gasteiger charge is -2.14. The van der Waals surface area contributed by atoms with Crippen LogP contribution >= 0.6 is 0 Å². The summed E-state index contributed by atoms with van der Waals surface area (Å²) in [5, 5.41) is 0.347. The number of nitrogens with two attached hydrogens (primary N) is 1. The SMILES string of the molecule is Cc1ccc(Cn2c(=O)c3ccc(N)nc3n(-c3ccccc3)c2=O)cc1. The highest BCUT2D eigenvalue weighted by molar-refractivity contribution is 5.77. The van der Waals surface area contributed by atoms with Crippen LogP contribution in [0.1, 0.15) is 11.1 Å². The van der Waals surface area contributed by atoms with E-state index >= 15 is 0 Å². The number of fused-ring (bicyclic) bond motifs is 1. The zero-order chi connectivity index (χ0) is 19.0. The fourth-order valence-electron chi connectivity index (χ4n) is 3.07. The first-order valence-corrected chi connectivity index (χ1v) is 8.57. The molecule has 27 heavy (non-hydrogen) atoms. The lowest BCUT2D eigenvalue weighted by Crippen LogP contribution is -2.40. The molecule has 0 aliphatic heterocycles. The van der Waals surface area contributed by atoms with E-state index in [2.05, 4.69) is 4.98 Å². The normalized spacial score (nSPS) is 11.0. The van der Waals surface area contributed by atoms with E-state index in [1.165, 1.54) is 9.13 Å². The van der Waals surface area contributed by atoms with Crippen LogP contribution in [0.15, 0.2) is 76.3 Å². The zero-order valence-electron chi connectivity index (χ0n) is 14.8. The number of pyridine rings is 1. The van der Waals surface area contributed by atoms with E-state index in [4.69, 9.17) is 5.73 Å². The van der Waals surface area contributed by atoms with Crippen LogP contribution in [-0.2, 0) is 6.54 Å². The molecule has 0 unspecified atom stereocenters. The van der Waals surface area contributed by atoms with Gasteiger partial charge in [-0.25, -0.2) is 14.3 Å². The van der Waals surface area contributed by atoms with Crippen molar-refractivity contribution in [1.29, 1.82) is 0 Å². The van der Waals surface area contributed by atoms with E-state index in [1.54, 1.807) is 24.3 Å². The van der Waals surface area contributed by atoms with Gasteiger partial charge < -0.3 is 5.73 Å². The van der Waals surface area contributed by atoms with Gasteiger partial charge in [0, 0.05) is 0 Å². The Labute approximate surface area is 155 Å². The third-order valence-corrected chi connectivity index (χ3v) is 4.48. The summed E-state index contributed by atoms with van der Waals surface area (Å²) in [7, 11) is 0. The van der Waals surface area contributed by atoms with Crippen LogP contribution in [0.25, 0.3) is 16.7 Å². The fourth-order valence-corrected chi connectivity index (χ4v) is 3.07. The molecule has 6 nitrogen and oxygen atoms in total. The van der Waals surface area contributed by atoms with E-state index in [9.17, 15) is 9.59 Å². The number of hydrogen-bond acceptors (Lipinski definition) is 4. The molecule has 0 fully saturated rings. The molecule has 6 heteroatoms. The standard InChI is InChI=1S/C21H18N4O2/c1-14-7-9-15(10-8-14)13-24-20(26)17-11-12-18(22)23-19(17)25(21(24)27)16-5-3-2-4-6-16/h2-12H,13H2,1H3,(H2,22,23). The lowest BCUT2D eigenvalue weighted by molar-refractivity contribution is 0.683. The van der Waals surface area contributed by atoms with Crippen LogP contribution in [0.5, 0.6) is 0 Å². The van der Waals surface area contributed by atoms with E-state index < -0.39 is 5.69 Å². The molecule has 0 spiro atoms. The molecule has 4 aromatic rings. The maximum absolute atomic E-state index is 13.2. The highest BCUT2D eigenvalue weighted by atomic mass is 16.2. The van der Waals surface area contributed by atoms with Gasteiger partial charge in [0.25, 0.3) is 5.56 Å².